The Balaban J connectivity index is 1.72. The summed E-state index contributed by atoms with van der Waals surface area (Å²) < 4.78 is 0. The third kappa shape index (κ3) is 2.38. The number of nitrogens with zero attached hydrogens (tertiary/aromatic N) is 1. The first-order valence-corrected chi connectivity index (χ1v) is 7.07. The van der Waals surface area contributed by atoms with Gasteiger partial charge < -0.3 is 16.0 Å². The van der Waals surface area contributed by atoms with Crippen LogP contribution in [0.3, 0.4) is 0 Å². The Labute approximate surface area is 114 Å². The molecule has 1 atom stereocenters. The van der Waals surface area contributed by atoms with Gasteiger partial charge in [0.2, 0.25) is 5.91 Å². The quantitative estimate of drug-likeness (QED) is 0.795. The molecular weight excluding hydrogens is 238 g/mol. The summed E-state index contributed by atoms with van der Waals surface area (Å²) in [6, 6.07) is 8.55. The number of rotatable bonds is 2. The molecule has 0 saturated carbocycles. The maximum atomic E-state index is 12.7. The van der Waals surface area contributed by atoms with Crippen LogP contribution in [-0.2, 0) is 17.6 Å². The number of benzene rings is 1. The maximum Gasteiger partial charge on any atom is 0.226 e. The first-order chi connectivity index (χ1) is 9.29. The summed E-state index contributed by atoms with van der Waals surface area (Å²) >= 11 is 0. The van der Waals surface area contributed by atoms with Crippen LogP contribution in [0.2, 0.25) is 0 Å². The summed E-state index contributed by atoms with van der Waals surface area (Å²) in [4.78, 5) is 14.7. The zero-order valence-electron chi connectivity index (χ0n) is 11.1. The first kappa shape index (κ1) is 12.6. The van der Waals surface area contributed by atoms with Crippen molar-refractivity contribution in [1.29, 1.82) is 0 Å². The predicted octanol–water partition coefficient (Wildman–Crippen LogP) is 0.161. The average Bonchev–Trinajstić information content (AvgIpc) is 2.90. The molecule has 102 valence electrons. The van der Waals surface area contributed by atoms with Gasteiger partial charge in [-0.3, -0.25) is 4.79 Å². The van der Waals surface area contributed by atoms with Crippen molar-refractivity contribution in [1.82, 2.24) is 10.2 Å². The van der Waals surface area contributed by atoms with Crippen molar-refractivity contribution in [3.63, 3.8) is 0 Å². The van der Waals surface area contributed by atoms with Gasteiger partial charge in [-0.15, -0.1) is 0 Å². The van der Waals surface area contributed by atoms with E-state index >= 15 is 0 Å². The van der Waals surface area contributed by atoms with Crippen LogP contribution >= 0.6 is 0 Å². The highest BCUT2D eigenvalue weighted by Gasteiger charge is 2.34. The van der Waals surface area contributed by atoms with Crippen LogP contribution in [0.1, 0.15) is 11.1 Å². The van der Waals surface area contributed by atoms with E-state index in [-0.39, 0.29) is 17.9 Å². The summed E-state index contributed by atoms with van der Waals surface area (Å²) in [6.07, 6.45) is 1.77. The zero-order valence-corrected chi connectivity index (χ0v) is 11.1. The van der Waals surface area contributed by atoms with Crippen LogP contribution in [0.5, 0.6) is 0 Å². The molecular formula is C15H21N3O. The van der Waals surface area contributed by atoms with Gasteiger partial charge in [0.15, 0.2) is 0 Å². The van der Waals surface area contributed by atoms with Crippen molar-refractivity contribution in [2.45, 2.75) is 18.9 Å². The summed E-state index contributed by atoms with van der Waals surface area (Å²) in [5.41, 5.74) is 8.45. The molecule has 1 unspecified atom stereocenters. The number of nitrogens with two attached hydrogens (primary N) is 1. The fraction of sp³-hybridized carbons (Fsp3) is 0.533. The minimum atomic E-state index is 0.115. The van der Waals surface area contributed by atoms with Crippen molar-refractivity contribution in [2.24, 2.45) is 11.7 Å². The van der Waals surface area contributed by atoms with E-state index in [1.807, 2.05) is 4.90 Å². The van der Waals surface area contributed by atoms with Crippen molar-refractivity contribution in [3.8, 4) is 0 Å². The van der Waals surface area contributed by atoms with E-state index in [2.05, 4.69) is 29.6 Å². The number of carbonyl (C=O) groups excluding carboxylic acids is 1. The standard InChI is InChI=1S/C15H21N3O/c16-9-14-10-17-5-6-18(14)15(19)13-7-11-3-1-2-4-12(11)8-13/h1-4,13-14,17H,5-10,16H2. The first-order valence-electron chi connectivity index (χ1n) is 7.07. The topological polar surface area (TPSA) is 58.4 Å². The number of fused-ring (bicyclic) bond motifs is 1. The van der Waals surface area contributed by atoms with E-state index in [9.17, 15) is 4.79 Å². The second-order valence-corrected chi connectivity index (χ2v) is 5.50. The Kier molecular flexibility index (Phi) is 3.53. The van der Waals surface area contributed by atoms with Crippen molar-refractivity contribution >= 4 is 5.91 Å². The largest absolute Gasteiger partial charge is 0.336 e. The molecule has 4 heteroatoms. The minimum Gasteiger partial charge on any atom is -0.336 e. The SMILES string of the molecule is NCC1CNCCN1C(=O)C1Cc2ccccc2C1. The minimum absolute atomic E-state index is 0.115. The van der Waals surface area contributed by atoms with Crippen LogP contribution in [0.4, 0.5) is 0 Å². The maximum absolute atomic E-state index is 12.7. The number of hydrogen-bond acceptors (Lipinski definition) is 3. The molecule has 0 radical (unpaired) electrons. The fourth-order valence-electron chi connectivity index (χ4n) is 3.23. The molecule has 1 fully saturated rings. The third-order valence-electron chi connectivity index (χ3n) is 4.31. The Morgan fingerprint density at radius 3 is 2.63 bits per heavy atom. The lowest BCUT2D eigenvalue weighted by Crippen LogP contribution is -2.57. The van der Waals surface area contributed by atoms with Gasteiger partial charge in [-0.2, -0.15) is 0 Å². The molecule has 3 rings (SSSR count). The fourth-order valence-corrected chi connectivity index (χ4v) is 3.23. The van der Waals surface area contributed by atoms with Gasteiger partial charge in [0.1, 0.15) is 0 Å². The molecule has 4 nitrogen and oxygen atoms in total. The number of hydrogen-bond donors (Lipinski definition) is 2. The number of nitrogens with one attached hydrogen (secondary N) is 1. The predicted molar refractivity (Wildman–Crippen MR) is 74.8 cm³/mol. The summed E-state index contributed by atoms with van der Waals surface area (Å²) in [7, 11) is 0. The van der Waals surface area contributed by atoms with Crippen LogP contribution in [-0.4, -0.2) is 43.0 Å². The molecule has 0 aromatic heterocycles. The highest BCUT2D eigenvalue weighted by molar-refractivity contribution is 5.81. The van der Waals surface area contributed by atoms with Gasteiger partial charge in [-0.05, 0) is 24.0 Å². The third-order valence-corrected chi connectivity index (χ3v) is 4.31. The number of piperazine rings is 1. The molecule has 1 saturated heterocycles. The molecule has 1 aromatic carbocycles. The molecule has 2 aliphatic rings. The van der Waals surface area contributed by atoms with E-state index in [1.54, 1.807) is 0 Å². The van der Waals surface area contributed by atoms with E-state index < -0.39 is 0 Å². The van der Waals surface area contributed by atoms with Gasteiger partial charge in [0.25, 0.3) is 0 Å². The van der Waals surface area contributed by atoms with Gasteiger partial charge in [0, 0.05) is 32.1 Å². The highest BCUT2D eigenvalue weighted by atomic mass is 16.2. The Hall–Kier alpha value is -1.39. The van der Waals surface area contributed by atoms with E-state index in [4.69, 9.17) is 5.73 Å². The second-order valence-electron chi connectivity index (χ2n) is 5.50. The van der Waals surface area contributed by atoms with Crippen molar-refractivity contribution in [2.75, 3.05) is 26.2 Å². The van der Waals surface area contributed by atoms with Crippen molar-refractivity contribution in [3.05, 3.63) is 35.4 Å². The van der Waals surface area contributed by atoms with Gasteiger partial charge in [0.05, 0.1) is 6.04 Å². The van der Waals surface area contributed by atoms with E-state index in [0.717, 1.165) is 32.5 Å². The highest BCUT2D eigenvalue weighted by Crippen LogP contribution is 2.28. The van der Waals surface area contributed by atoms with Gasteiger partial charge in [-0.25, -0.2) is 0 Å². The normalized spacial score (nSPS) is 23.4. The summed E-state index contributed by atoms with van der Waals surface area (Å²) in [5, 5.41) is 3.30. The van der Waals surface area contributed by atoms with Crippen LogP contribution in [0.25, 0.3) is 0 Å². The molecule has 1 aliphatic carbocycles. The molecule has 1 aromatic rings. The lowest BCUT2D eigenvalue weighted by molar-refractivity contribution is -0.138. The molecule has 0 bridgehead atoms. The Morgan fingerprint density at radius 2 is 2.00 bits per heavy atom. The molecule has 19 heavy (non-hydrogen) atoms. The second kappa shape index (κ2) is 5.31. The van der Waals surface area contributed by atoms with Crippen molar-refractivity contribution < 1.29 is 4.79 Å². The van der Waals surface area contributed by atoms with Crippen LogP contribution in [0, 0.1) is 5.92 Å². The van der Waals surface area contributed by atoms with E-state index in [0.29, 0.717) is 6.54 Å². The number of carbonyl (C=O) groups is 1. The van der Waals surface area contributed by atoms with Gasteiger partial charge in [-0.1, -0.05) is 24.3 Å². The molecule has 1 amide bonds. The van der Waals surface area contributed by atoms with Gasteiger partial charge >= 0.3 is 0 Å². The lowest BCUT2D eigenvalue weighted by Gasteiger charge is -2.37. The molecule has 0 spiro atoms. The lowest BCUT2D eigenvalue weighted by atomic mass is 10.0. The molecule has 1 heterocycles. The Bertz CT molecular complexity index is 449. The smallest absolute Gasteiger partial charge is 0.226 e. The van der Waals surface area contributed by atoms with Crippen LogP contribution in [0.15, 0.2) is 24.3 Å². The zero-order chi connectivity index (χ0) is 13.2. The average molecular weight is 259 g/mol. The monoisotopic (exact) mass is 259 g/mol. The summed E-state index contributed by atoms with van der Waals surface area (Å²) in [5.74, 6) is 0.401. The molecule has 3 N–H and O–H groups in total. The summed E-state index contributed by atoms with van der Waals surface area (Å²) in [6.45, 7) is 3.02. The molecule has 1 aliphatic heterocycles. The number of amides is 1. The Morgan fingerprint density at radius 1 is 1.32 bits per heavy atom. The van der Waals surface area contributed by atoms with E-state index in [1.165, 1.54) is 11.1 Å². The van der Waals surface area contributed by atoms with Crippen LogP contribution < -0.4 is 11.1 Å².